The third-order valence-corrected chi connectivity index (χ3v) is 4.28. The molecule has 1 saturated carbocycles. The van der Waals surface area contributed by atoms with Crippen LogP contribution in [0.15, 0.2) is 24.3 Å². The van der Waals surface area contributed by atoms with Crippen LogP contribution in [0.25, 0.3) is 0 Å². The van der Waals surface area contributed by atoms with Crippen molar-refractivity contribution < 1.29 is 17.9 Å². The zero-order valence-corrected chi connectivity index (χ0v) is 11.3. The molecule has 7 heteroatoms. The second kappa shape index (κ2) is 5.28. The fourth-order valence-corrected chi connectivity index (χ4v) is 3.14. The Hall–Kier alpha value is -1.44. The lowest BCUT2D eigenvalue weighted by atomic mass is 10.1. The fraction of sp³-hybridized carbons (Fsp3) is 0.417. The first-order valence-electron chi connectivity index (χ1n) is 5.84. The van der Waals surface area contributed by atoms with Crippen LogP contribution in [0.1, 0.15) is 22.3 Å². The molecule has 3 N–H and O–H groups in total. The number of nitrogens with two attached hydrogens (primary N) is 1. The maximum atomic E-state index is 11.8. The highest BCUT2D eigenvalue weighted by Gasteiger charge is 2.36. The van der Waals surface area contributed by atoms with Crippen LogP contribution in [0.5, 0.6) is 0 Å². The van der Waals surface area contributed by atoms with Crippen LogP contribution in [0, 0.1) is 0 Å². The molecule has 1 aliphatic carbocycles. The van der Waals surface area contributed by atoms with Gasteiger partial charge in [-0.15, -0.1) is 0 Å². The van der Waals surface area contributed by atoms with Crippen molar-refractivity contribution in [3.05, 3.63) is 35.4 Å². The molecule has 1 aromatic carbocycles. The van der Waals surface area contributed by atoms with Crippen LogP contribution in [0.4, 0.5) is 0 Å². The molecule has 2 unspecified atom stereocenters. The highest BCUT2D eigenvalue weighted by molar-refractivity contribution is 7.88. The van der Waals surface area contributed by atoms with E-state index in [1.165, 1.54) is 7.11 Å². The number of methoxy groups -OCH3 is 1. The van der Waals surface area contributed by atoms with E-state index in [9.17, 15) is 13.2 Å². The number of nitrogens with one attached hydrogen (secondary N) is 1. The molecule has 6 nitrogen and oxygen atoms in total. The van der Waals surface area contributed by atoms with Crippen molar-refractivity contribution in [3.8, 4) is 0 Å². The normalized spacial score (nSPS) is 22.0. The van der Waals surface area contributed by atoms with E-state index in [0.29, 0.717) is 17.5 Å². The Labute approximate surface area is 112 Å². The molecule has 104 valence electrons. The highest BCUT2D eigenvalue weighted by atomic mass is 32.2. The Balaban J connectivity index is 2.00. The minimum Gasteiger partial charge on any atom is -0.465 e. The molecule has 0 radical (unpaired) electrons. The second-order valence-electron chi connectivity index (χ2n) is 4.57. The van der Waals surface area contributed by atoms with Crippen molar-refractivity contribution in [2.45, 2.75) is 24.3 Å². The summed E-state index contributed by atoms with van der Waals surface area (Å²) in [6, 6.07) is 6.06. The number of sulfonamides is 1. The van der Waals surface area contributed by atoms with Gasteiger partial charge in [0.25, 0.3) is 0 Å². The standard InChI is InChI=1S/C12H16N2O4S/c1-18-12(15)9-4-2-8(3-5-9)7-19(16,17)14-11-6-10(11)13/h2-5,10-11,14H,6-7,13H2,1H3. The molecule has 0 aliphatic heterocycles. The molecule has 1 aromatic rings. The van der Waals surface area contributed by atoms with E-state index in [0.717, 1.165) is 0 Å². The molecule has 0 aromatic heterocycles. The zero-order valence-electron chi connectivity index (χ0n) is 10.5. The quantitative estimate of drug-likeness (QED) is 0.741. The molecule has 1 fully saturated rings. The van der Waals surface area contributed by atoms with E-state index in [-0.39, 0.29) is 17.8 Å². The van der Waals surface area contributed by atoms with Crippen molar-refractivity contribution in [1.29, 1.82) is 0 Å². The number of ether oxygens (including phenoxy) is 1. The predicted octanol–water partition coefficient (Wildman–Crippen LogP) is -0.00780. The Morgan fingerprint density at radius 2 is 2.00 bits per heavy atom. The smallest absolute Gasteiger partial charge is 0.337 e. The van der Waals surface area contributed by atoms with Crippen LogP contribution in [0.2, 0.25) is 0 Å². The summed E-state index contributed by atoms with van der Waals surface area (Å²) in [5.41, 5.74) is 6.55. The molecular formula is C12H16N2O4S. The number of rotatable bonds is 5. The van der Waals surface area contributed by atoms with Gasteiger partial charge in [-0.25, -0.2) is 17.9 Å². The molecule has 0 amide bonds. The van der Waals surface area contributed by atoms with E-state index < -0.39 is 16.0 Å². The lowest BCUT2D eigenvalue weighted by Crippen LogP contribution is -2.30. The van der Waals surface area contributed by atoms with Crippen LogP contribution < -0.4 is 10.5 Å². The Kier molecular flexibility index (Phi) is 3.88. The van der Waals surface area contributed by atoms with Gasteiger partial charge in [-0.3, -0.25) is 0 Å². The number of hydrogen-bond donors (Lipinski definition) is 2. The van der Waals surface area contributed by atoms with Gasteiger partial charge in [-0.2, -0.15) is 0 Å². The van der Waals surface area contributed by atoms with Crippen molar-refractivity contribution in [2.24, 2.45) is 5.73 Å². The summed E-state index contributed by atoms with van der Waals surface area (Å²) in [7, 11) is -2.09. The van der Waals surface area contributed by atoms with Crippen LogP contribution >= 0.6 is 0 Å². The molecule has 0 bridgehead atoms. The zero-order chi connectivity index (χ0) is 14.0. The molecular weight excluding hydrogens is 268 g/mol. The number of carbonyl (C=O) groups excluding carboxylic acids is 1. The summed E-state index contributed by atoms with van der Waals surface area (Å²) in [6.45, 7) is 0. The van der Waals surface area contributed by atoms with E-state index in [1.54, 1.807) is 24.3 Å². The first kappa shape index (κ1) is 14.0. The number of benzene rings is 1. The summed E-state index contributed by atoms with van der Waals surface area (Å²) < 4.78 is 30.7. The van der Waals surface area contributed by atoms with E-state index in [4.69, 9.17) is 5.73 Å². The van der Waals surface area contributed by atoms with Gasteiger partial charge in [0.15, 0.2) is 0 Å². The van der Waals surface area contributed by atoms with Gasteiger partial charge >= 0.3 is 5.97 Å². The molecule has 2 atom stereocenters. The summed E-state index contributed by atoms with van der Waals surface area (Å²) in [5.74, 6) is -0.575. The number of carbonyl (C=O) groups is 1. The molecule has 1 aliphatic rings. The topological polar surface area (TPSA) is 98.5 Å². The number of hydrogen-bond acceptors (Lipinski definition) is 5. The lowest BCUT2D eigenvalue weighted by Gasteiger charge is -2.06. The van der Waals surface area contributed by atoms with Gasteiger partial charge in [0.1, 0.15) is 0 Å². The largest absolute Gasteiger partial charge is 0.465 e. The third-order valence-electron chi connectivity index (χ3n) is 2.90. The molecule has 2 rings (SSSR count). The van der Waals surface area contributed by atoms with Crippen LogP contribution in [-0.4, -0.2) is 33.6 Å². The van der Waals surface area contributed by atoms with Gasteiger partial charge in [0, 0.05) is 12.1 Å². The average molecular weight is 284 g/mol. The van der Waals surface area contributed by atoms with Crippen LogP contribution in [-0.2, 0) is 20.5 Å². The molecule has 0 saturated heterocycles. The maximum absolute atomic E-state index is 11.8. The van der Waals surface area contributed by atoms with Crippen molar-refractivity contribution >= 4 is 16.0 Å². The van der Waals surface area contributed by atoms with Crippen molar-refractivity contribution in [3.63, 3.8) is 0 Å². The van der Waals surface area contributed by atoms with Gasteiger partial charge < -0.3 is 10.5 Å². The lowest BCUT2D eigenvalue weighted by molar-refractivity contribution is 0.0600. The van der Waals surface area contributed by atoms with E-state index in [2.05, 4.69) is 9.46 Å². The van der Waals surface area contributed by atoms with E-state index >= 15 is 0 Å². The minimum atomic E-state index is -3.39. The van der Waals surface area contributed by atoms with Gasteiger partial charge in [0.2, 0.25) is 10.0 Å². The third kappa shape index (κ3) is 3.76. The Bertz CT molecular complexity index is 568. The second-order valence-corrected chi connectivity index (χ2v) is 6.33. The minimum absolute atomic E-state index is 0.0727. The number of esters is 1. The monoisotopic (exact) mass is 284 g/mol. The summed E-state index contributed by atoms with van der Waals surface area (Å²) >= 11 is 0. The SMILES string of the molecule is COC(=O)c1ccc(CS(=O)(=O)NC2CC2N)cc1. The molecule has 0 heterocycles. The van der Waals surface area contributed by atoms with Crippen molar-refractivity contribution in [1.82, 2.24) is 4.72 Å². The fourth-order valence-electron chi connectivity index (χ4n) is 1.70. The van der Waals surface area contributed by atoms with Gasteiger partial charge in [-0.05, 0) is 24.1 Å². The Morgan fingerprint density at radius 3 is 2.47 bits per heavy atom. The molecule has 19 heavy (non-hydrogen) atoms. The van der Waals surface area contributed by atoms with Gasteiger partial charge in [0.05, 0.1) is 18.4 Å². The highest BCUT2D eigenvalue weighted by Crippen LogP contribution is 2.20. The summed E-state index contributed by atoms with van der Waals surface area (Å²) in [6.07, 6.45) is 0.681. The predicted molar refractivity (Wildman–Crippen MR) is 69.9 cm³/mol. The maximum Gasteiger partial charge on any atom is 0.337 e. The first-order chi connectivity index (χ1) is 8.91. The molecule has 0 spiro atoms. The van der Waals surface area contributed by atoms with Crippen molar-refractivity contribution in [2.75, 3.05) is 7.11 Å². The average Bonchev–Trinajstić information content (AvgIpc) is 3.03. The van der Waals surface area contributed by atoms with E-state index in [1.807, 2.05) is 0 Å². The summed E-state index contributed by atoms with van der Waals surface area (Å²) in [4.78, 5) is 11.2. The van der Waals surface area contributed by atoms with Gasteiger partial charge in [-0.1, -0.05) is 12.1 Å². The van der Waals surface area contributed by atoms with Crippen LogP contribution in [0.3, 0.4) is 0 Å². The summed E-state index contributed by atoms with van der Waals surface area (Å²) in [5, 5.41) is 0. The first-order valence-corrected chi connectivity index (χ1v) is 7.49. The Morgan fingerprint density at radius 1 is 1.42 bits per heavy atom.